The summed E-state index contributed by atoms with van der Waals surface area (Å²) < 4.78 is 14.8. The number of rotatable bonds is 3. The van der Waals surface area contributed by atoms with Crippen molar-refractivity contribution in [2.24, 2.45) is 5.29 Å². The highest BCUT2D eigenvalue weighted by Crippen LogP contribution is 2.34. The molecule has 0 amide bonds. The second kappa shape index (κ2) is 5.03. The van der Waals surface area contributed by atoms with Crippen LogP contribution < -0.4 is 4.74 Å². The molecule has 0 radical (unpaired) electrons. The number of hydrogen-bond acceptors (Lipinski definition) is 7. The van der Waals surface area contributed by atoms with Gasteiger partial charge in [0.25, 0.3) is 5.88 Å². The lowest BCUT2D eigenvalue weighted by Crippen LogP contribution is -2.30. The van der Waals surface area contributed by atoms with Crippen molar-refractivity contribution in [1.29, 1.82) is 0 Å². The summed E-state index contributed by atoms with van der Waals surface area (Å²) in [6.45, 7) is 0.344. The summed E-state index contributed by atoms with van der Waals surface area (Å²) in [6.07, 6.45) is 1.24. The average molecular weight is 255 g/mol. The summed E-state index contributed by atoms with van der Waals surface area (Å²) in [5.74, 6) is -0.0287. The van der Waals surface area contributed by atoms with Gasteiger partial charge in [-0.05, 0) is 18.0 Å². The molecule has 1 aliphatic heterocycles. The Hall–Kier alpha value is -2.12. The van der Waals surface area contributed by atoms with Crippen molar-refractivity contribution >= 4 is 5.97 Å². The van der Waals surface area contributed by atoms with Gasteiger partial charge >= 0.3 is 5.97 Å². The van der Waals surface area contributed by atoms with E-state index in [9.17, 15) is 9.70 Å². The Morgan fingerprint density at radius 3 is 2.94 bits per heavy atom. The number of nitrogens with zero attached hydrogens (tertiary/aromatic N) is 3. The van der Waals surface area contributed by atoms with E-state index in [1.807, 2.05) is 0 Å². The molecule has 18 heavy (non-hydrogen) atoms. The molecule has 2 rings (SSSR count). The molecule has 2 heterocycles. The topological polar surface area (TPSA) is 94.2 Å². The molecular weight excluding hydrogens is 242 g/mol. The number of nitroso groups, excluding NO2 is 1. The predicted octanol–water partition coefficient (Wildman–Crippen LogP) is 0.827. The number of fused-ring (bicyclic) bond motifs is 1. The number of ether oxygens (including phenoxy) is 2. The molecule has 8 nitrogen and oxygen atoms in total. The fourth-order valence-electron chi connectivity index (χ4n) is 2.02. The molecule has 0 bridgehead atoms. The molecule has 98 valence electrons. The second-order valence-corrected chi connectivity index (χ2v) is 3.81. The zero-order valence-corrected chi connectivity index (χ0v) is 10.1. The lowest BCUT2D eigenvalue weighted by molar-refractivity contribution is -0.148. The molecule has 8 heteroatoms. The van der Waals surface area contributed by atoms with E-state index >= 15 is 0 Å². The molecule has 1 atom stereocenters. The van der Waals surface area contributed by atoms with E-state index in [1.54, 1.807) is 0 Å². The Kier molecular flexibility index (Phi) is 3.45. The molecule has 0 N–H and O–H groups in total. The maximum absolute atomic E-state index is 11.8. The van der Waals surface area contributed by atoms with Gasteiger partial charge in [-0.15, -0.1) is 4.91 Å². The van der Waals surface area contributed by atoms with E-state index in [-0.39, 0.29) is 5.76 Å². The van der Waals surface area contributed by atoms with Gasteiger partial charge in [0.05, 0.1) is 25.1 Å². The normalized spacial score (nSPS) is 18.8. The standard InChI is InChI=1S/C10H13N3O5/c1-16-9-6-4-3-5-13(12-15)7(10(14)17-2)8(6)18-11-9/h7H,3-5H2,1-2H3. The maximum Gasteiger partial charge on any atom is 0.338 e. The SMILES string of the molecule is COC(=O)C1c2onc(OC)c2CCCN1N=O. The van der Waals surface area contributed by atoms with Crippen molar-refractivity contribution in [1.82, 2.24) is 10.2 Å². The van der Waals surface area contributed by atoms with Crippen LogP contribution >= 0.6 is 0 Å². The Morgan fingerprint density at radius 2 is 2.33 bits per heavy atom. The summed E-state index contributed by atoms with van der Waals surface area (Å²) in [7, 11) is 2.70. The minimum absolute atomic E-state index is 0.260. The van der Waals surface area contributed by atoms with E-state index in [0.717, 1.165) is 5.01 Å². The second-order valence-electron chi connectivity index (χ2n) is 3.81. The molecular formula is C10H13N3O5. The van der Waals surface area contributed by atoms with Gasteiger partial charge in [-0.3, -0.25) is 0 Å². The third-order valence-electron chi connectivity index (χ3n) is 2.87. The van der Waals surface area contributed by atoms with Crippen molar-refractivity contribution in [2.75, 3.05) is 20.8 Å². The van der Waals surface area contributed by atoms with Gasteiger partial charge in [0.15, 0.2) is 5.76 Å². The molecule has 0 fully saturated rings. The molecule has 0 saturated carbocycles. The Morgan fingerprint density at radius 1 is 1.56 bits per heavy atom. The number of aromatic nitrogens is 1. The summed E-state index contributed by atoms with van der Waals surface area (Å²) >= 11 is 0. The third-order valence-corrected chi connectivity index (χ3v) is 2.87. The summed E-state index contributed by atoms with van der Waals surface area (Å²) in [6, 6.07) is -0.999. The Balaban J connectivity index is 2.47. The van der Waals surface area contributed by atoms with Gasteiger partial charge in [-0.25, -0.2) is 9.80 Å². The zero-order valence-electron chi connectivity index (χ0n) is 10.1. The van der Waals surface area contributed by atoms with Gasteiger partial charge < -0.3 is 14.0 Å². The van der Waals surface area contributed by atoms with Crippen LogP contribution in [0.1, 0.15) is 23.8 Å². The number of carbonyl (C=O) groups excluding carboxylic acids is 1. The van der Waals surface area contributed by atoms with E-state index in [2.05, 4.69) is 15.2 Å². The maximum atomic E-state index is 11.8. The number of carbonyl (C=O) groups is 1. The highest BCUT2D eigenvalue weighted by molar-refractivity contribution is 5.77. The van der Waals surface area contributed by atoms with E-state index in [4.69, 9.17) is 9.26 Å². The van der Waals surface area contributed by atoms with E-state index in [1.165, 1.54) is 14.2 Å². The smallest absolute Gasteiger partial charge is 0.338 e. The van der Waals surface area contributed by atoms with Gasteiger partial charge in [0.1, 0.15) is 0 Å². The number of methoxy groups -OCH3 is 2. The summed E-state index contributed by atoms with van der Waals surface area (Å²) in [4.78, 5) is 22.6. The lowest BCUT2D eigenvalue weighted by atomic mass is 10.1. The summed E-state index contributed by atoms with van der Waals surface area (Å²) in [5.41, 5.74) is 0.680. The van der Waals surface area contributed by atoms with Crippen molar-refractivity contribution in [2.45, 2.75) is 18.9 Å². The van der Waals surface area contributed by atoms with Crippen LogP contribution in [0.5, 0.6) is 5.88 Å². The molecule has 1 aliphatic rings. The zero-order chi connectivity index (χ0) is 13.1. The van der Waals surface area contributed by atoms with Crippen LogP contribution in [0.4, 0.5) is 0 Å². The molecule has 1 unspecified atom stereocenters. The van der Waals surface area contributed by atoms with Crippen LogP contribution in [-0.4, -0.2) is 36.9 Å². The van der Waals surface area contributed by atoms with Crippen LogP contribution in [0.2, 0.25) is 0 Å². The molecule has 0 aromatic carbocycles. The fourth-order valence-corrected chi connectivity index (χ4v) is 2.02. The first kappa shape index (κ1) is 12.3. The molecule has 1 aromatic heterocycles. The first-order valence-electron chi connectivity index (χ1n) is 5.43. The monoisotopic (exact) mass is 255 g/mol. The Bertz CT molecular complexity index is 458. The van der Waals surface area contributed by atoms with Crippen LogP contribution in [0.25, 0.3) is 0 Å². The van der Waals surface area contributed by atoms with Gasteiger partial charge in [0, 0.05) is 6.54 Å². The highest BCUT2D eigenvalue weighted by atomic mass is 16.5. The highest BCUT2D eigenvalue weighted by Gasteiger charge is 2.38. The van der Waals surface area contributed by atoms with Crippen molar-refractivity contribution in [3.63, 3.8) is 0 Å². The molecule has 0 spiro atoms. The van der Waals surface area contributed by atoms with Gasteiger partial charge in [-0.2, -0.15) is 0 Å². The molecule has 0 aliphatic carbocycles. The largest absolute Gasteiger partial charge is 0.479 e. The minimum Gasteiger partial charge on any atom is -0.479 e. The van der Waals surface area contributed by atoms with E-state index in [0.29, 0.717) is 30.8 Å². The predicted molar refractivity (Wildman–Crippen MR) is 58.6 cm³/mol. The van der Waals surface area contributed by atoms with Crippen molar-refractivity contribution in [3.05, 3.63) is 16.2 Å². The minimum atomic E-state index is -0.999. The fraction of sp³-hybridized carbons (Fsp3) is 0.600. The van der Waals surface area contributed by atoms with Crippen LogP contribution in [0, 0.1) is 4.91 Å². The first-order valence-corrected chi connectivity index (χ1v) is 5.43. The van der Waals surface area contributed by atoms with Crippen molar-refractivity contribution in [3.8, 4) is 5.88 Å². The van der Waals surface area contributed by atoms with Crippen LogP contribution in [0.3, 0.4) is 0 Å². The third kappa shape index (κ3) is 1.89. The average Bonchev–Trinajstić information content (AvgIpc) is 2.70. The number of hydrogen-bond donors (Lipinski definition) is 0. The van der Waals surface area contributed by atoms with Crippen LogP contribution in [0.15, 0.2) is 9.81 Å². The number of esters is 1. The molecule has 0 saturated heterocycles. The lowest BCUT2D eigenvalue weighted by Gasteiger charge is -2.19. The van der Waals surface area contributed by atoms with E-state index < -0.39 is 12.0 Å². The Labute approximate surface area is 103 Å². The summed E-state index contributed by atoms with van der Waals surface area (Å²) in [5, 5.41) is 7.66. The van der Waals surface area contributed by atoms with Crippen molar-refractivity contribution < 1.29 is 18.8 Å². The quantitative estimate of drug-likeness (QED) is 0.583. The van der Waals surface area contributed by atoms with Crippen LogP contribution in [-0.2, 0) is 16.0 Å². The first-order chi connectivity index (χ1) is 8.72. The van der Waals surface area contributed by atoms with Gasteiger partial charge in [0.2, 0.25) is 6.04 Å². The molecule has 1 aromatic rings. The van der Waals surface area contributed by atoms with Gasteiger partial charge in [-0.1, -0.05) is 0 Å².